The van der Waals surface area contributed by atoms with Crippen LogP contribution < -0.4 is 5.32 Å². The second kappa shape index (κ2) is 7.07. The van der Waals surface area contributed by atoms with Crippen LogP contribution in [0.2, 0.25) is 10.0 Å². The molecule has 0 aliphatic heterocycles. The molecule has 0 saturated carbocycles. The molecule has 0 aromatic heterocycles. The van der Waals surface area contributed by atoms with E-state index in [0.717, 1.165) is 5.56 Å². The van der Waals surface area contributed by atoms with Crippen LogP contribution in [0.3, 0.4) is 0 Å². The molecular weight excluding hydrogens is 309 g/mol. The standard InChI is InChI=1S/C16H11Cl2NO2/c17-14-6-4-11(8-15(14)18)5-7-16(21)12-2-1-3-13(9-12)19-10-20/h1-10H,(H,19,20). The third kappa shape index (κ3) is 4.18. The van der Waals surface area contributed by atoms with E-state index in [0.29, 0.717) is 27.7 Å². The number of allylic oxidation sites excluding steroid dienone is 1. The zero-order chi connectivity index (χ0) is 15.2. The lowest BCUT2D eigenvalue weighted by Crippen LogP contribution is -1.98. The van der Waals surface area contributed by atoms with Crippen LogP contribution in [0.5, 0.6) is 0 Å². The summed E-state index contributed by atoms with van der Waals surface area (Å²) in [6, 6.07) is 11.8. The molecule has 3 nitrogen and oxygen atoms in total. The predicted molar refractivity (Wildman–Crippen MR) is 86.0 cm³/mol. The summed E-state index contributed by atoms with van der Waals surface area (Å²) in [7, 11) is 0. The van der Waals surface area contributed by atoms with Crippen molar-refractivity contribution in [2.24, 2.45) is 0 Å². The minimum absolute atomic E-state index is 0.171. The Kier molecular flexibility index (Phi) is 5.14. The molecule has 106 valence electrons. The molecule has 1 N–H and O–H groups in total. The van der Waals surface area contributed by atoms with Crippen molar-refractivity contribution in [2.45, 2.75) is 0 Å². The number of anilines is 1. The van der Waals surface area contributed by atoms with Gasteiger partial charge < -0.3 is 5.32 Å². The second-order valence-electron chi connectivity index (χ2n) is 4.21. The molecule has 0 radical (unpaired) electrons. The molecule has 0 spiro atoms. The molecule has 0 aliphatic carbocycles. The third-order valence-corrected chi connectivity index (χ3v) is 3.48. The minimum atomic E-state index is -0.171. The number of rotatable bonds is 5. The molecule has 2 aromatic carbocycles. The second-order valence-corrected chi connectivity index (χ2v) is 5.03. The van der Waals surface area contributed by atoms with Crippen molar-refractivity contribution in [3.8, 4) is 0 Å². The first-order valence-corrected chi connectivity index (χ1v) is 6.83. The highest BCUT2D eigenvalue weighted by atomic mass is 35.5. The largest absolute Gasteiger partial charge is 0.329 e. The van der Waals surface area contributed by atoms with Gasteiger partial charge in [0.15, 0.2) is 5.78 Å². The summed E-state index contributed by atoms with van der Waals surface area (Å²) in [5, 5.41) is 3.40. The third-order valence-electron chi connectivity index (χ3n) is 2.74. The first-order chi connectivity index (χ1) is 10.1. The highest BCUT2D eigenvalue weighted by Crippen LogP contribution is 2.23. The number of ketones is 1. The molecule has 0 saturated heterocycles. The fourth-order valence-corrected chi connectivity index (χ4v) is 2.02. The van der Waals surface area contributed by atoms with Gasteiger partial charge in [-0.2, -0.15) is 0 Å². The molecule has 1 amide bonds. The Labute approximate surface area is 132 Å². The molecule has 2 rings (SSSR count). The number of carbonyl (C=O) groups excluding carboxylic acids is 2. The number of benzene rings is 2. The number of amides is 1. The highest BCUT2D eigenvalue weighted by molar-refractivity contribution is 6.42. The summed E-state index contributed by atoms with van der Waals surface area (Å²) >= 11 is 11.7. The summed E-state index contributed by atoms with van der Waals surface area (Å²) in [6.45, 7) is 0. The van der Waals surface area contributed by atoms with Crippen LogP contribution in [0.25, 0.3) is 6.08 Å². The minimum Gasteiger partial charge on any atom is -0.329 e. The summed E-state index contributed by atoms with van der Waals surface area (Å²) in [5.74, 6) is -0.171. The smallest absolute Gasteiger partial charge is 0.211 e. The Hall–Kier alpha value is -2.10. The van der Waals surface area contributed by atoms with Gasteiger partial charge in [0.05, 0.1) is 10.0 Å². The molecular formula is C16H11Cl2NO2. The van der Waals surface area contributed by atoms with E-state index in [4.69, 9.17) is 23.2 Å². The zero-order valence-corrected chi connectivity index (χ0v) is 12.4. The average molecular weight is 320 g/mol. The Morgan fingerprint density at radius 2 is 1.86 bits per heavy atom. The predicted octanol–water partition coefficient (Wildman–Crippen LogP) is 4.46. The van der Waals surface area contributed by atoms with Crippen molar-refractivity contribution in [3.63, 3.8) is 0 Å². The van der Waals surface area contributed by atoms with E-state index in [-0.39, 0.29) is 5.78 Å². The Balaban J connectivity index is 2.16. The van der Waals surface area contributed by atoms with E-state index in [2.05, 4.69) is 5.32 Å². The Morgan fingerprint density at radius 1 is 1.05 bits per heavy atom. The van der Waals surface area contributed by atoms with Crippen LogP contribution in [0, 0.1) is 0 Å². The van der Waals surface area contributed by atoms with Crippen LogP contribution in [0.4, 0.5) is 5.69 Å². The van der Waals surface area contributed by atoms with E-state index in [1.165, 1.54) is 6.08 Å². The number of hydrogen-bond donors (Lipinski definition) is 1. The Bertz CT molecular complexity index is 711. The van der Waals surface area contributed by atoms with E-state index < -0.39 is 0 Å². The molecule has 0 heterocycles. The van der Waals surface area contributed by atoms with Gasteiger partial charge in [-0.25, -0.2) is 0 Å². The fourth-order valence-electron chi connectivity index (χ4n) is 1.71. The van der Waals surface area contributed by atoms with Gasteiger partial charge in [0.2, 0.25) is 6.41 Å². The fraction of sp³-hybridized carbons (Fsp3) is 0. The topological polar surface area (TPSA) is 46.2 Å². The molecule has 0 bridgehead atoms. The number of halogens is 2. The lowest BCUT2D eigenvalue weighted by atomic mass is 10.1. The van der Waals surface area contributed by atoms with Crippen molar-refractivity contribution >= 4 is 47.2 Å². The molecule has 0 atom stereocenters. The number of hydrogen-bond acceptors (Lipinski definition) is 2. The van der Waals surface area contributed by atoms with Crippen LogP contribution in [0.15, 0.2) is 48.5 Å². The van der Waals surface area contributed by atoms with Crippen LogP contribution in [-0.4, -0.2) is 12.2 Å². The van der Waals surface area contributed by atoms with Gasteiger partial charge in [-0.1, -0.05) is 47.5 Å². The summed E-state index contributed by atoms with van der Waals surface area (Å²) < 4.78 is 0. The first kappa shape index (κ1) is 15.3. The van der Waals surface area contributed by atoms with Gasteiger partial charge in [-0.05, 0) is 35.9 Å². The average Bonchev–Trinajstić information content (AvgIpc) is 2.49. The van der Waals surface area contributed by atoms with Crippen molar-refractivity contribution in [1.29, 1.82) is 0 Å². The molecule has 0 fully saturated rings. The maximum Gasteiger partial charge on any atom is 0.211 e. The first-order valence-electron chi connectivity index (χ1n) is 6.08. The van der Waals surface area contributed by atoms with Gasteiger partial charge in [0.25, 0.3) is 0 Å². The SMILES string of the molecule is O=CNc1cccc(C(=O)C=Cc2ccc(Cl)c(Cl)c2)c1. The normalized spacial score (nSPS) is 10.6. The van der Waals surface area contributed by atoms with E-state index >= 15 is 0 Å². The lowest BCUT2D eigenvalue weighted by molar-refractivity contribution is -0.105. The molecule has 0 aliphatic rings. The molecule has 0 unspecified atom stereocenters. The van der Waals surface area contributed by atoms with Crippen LogP contribution in [0.1, 0.15) is 15.9 Å². The summed E-state index contributed by atoms with van der Waals surface area (Å²) in [4.78, 5) is 22.5. The van der Waals surface area contributed by atoms with Gasteiger partial charge in [-0.15, -0.1) is 0 Å². The molecule has 21 heavy (non-hydrogen) atoms. The zero-order valence-electron chi connectivity index (χ0n) is 10.8. The highest BCUT2D eigenvalue weighted by Gasteiger charge is 2.03. The van der Waals surface area contributed by atoms with Gasteiger partial charge in [-0.3, -0.25) is 9.59 Å². The number of carbonyl (C=O) groups is 2. The van der Waals surface area contributed by atoms with E-state index in [1.807, 2.05) is 0 Å². The van der Waals surface area contributed by atoms with Gasteiger partial charge in [0.1, 0.15) is 0 Å². The van der Waals surface area contributed by atoms with E-state index in [9.17, 15) is 9.59 Å². The van der Waals surface area contributed by atoms with Crippen LogP contribution >= 0.6 is 23.2 Å². The van der Waals surface area contributed by atoms with Crippen molar-refractivity contribution in [2.75, 3.05) is 5.32 Å². The lowest BCUT2D eigenvalue weighted by Gasteiger charge is -2.01. The maximum absolute atomic E-state index is 12.1. The van der Waals surface area contributed by atoms with Crippen molar-refractivity contribution in [1.82, 2.24) is 0 Å². The number of nitrogens with one attached hydrogen (secondary N) is 1. The quantitative estimate of drug-likeness (QED) is 0.502. The van der Waals surface area contributed by atoms with Gasteiger partial charge >= 0.3 is 0 Å². The Morgan fingerprint density at radius 3 is 2.57 bits per heavy atom. The van der Waals surface area contributed by atoms with Crippen LogP contribution in [-0.2, 0) is 4.79 Å². The molecule has 2 aromatic rings. The maximum atomic E-state index is 12.1. The molecule has 5 heteroatoms. The van der Waals surface area contributed by atoms with Crippen molar-refractivity contribution in [3.05, 3.63) is 69.7 Å². The van der Waals surface area contributed by atoms with Gasteiger partial charge in [0, 0.05) is 11.3 Å². The van der Waals surface area contributed by atoms with E-state index in [1.54, 1.807) is 48.5 Å². The summed E-state index contributed by atoms with van der Waals surface area (Å²) in [5.41, 5.74) is 1.83. The van der Waals surface area contributed by atoms with Crippen molar-refractivity contribution < 1.29 is 9.59 Å². The summed E-state index contributed by atoms with van der Waals surface area (Å²) in [6.07, 6.45) is 3.67. The monoisotopic (exact) mass is 319 g/mol.